The first-order valence-electron chi connectivity index (χ1n) is 18.3. The largest absolute Gasteiger partial charge is 2.00 e. The van der Waals surface area contributed by atoms with E-state index in [1.807, 2.05) is 60.7 Å². The zero-order valence-electron chi connectivity index (χ0n) is 31.0. The second kappa shape index (κ2) is 15.9. The number of carboxylic acid groups (broad SMARTS) is 2. The minimum Gasteiger partial charge on any atom is -0.478 e. The fourth-order valence-corrected chi connectivity index (χ4v) is 11.1. The van der Waals surface area contributed by atoms with Crippen molar-refractivity contribution >= 4 is 95.0 Å². The molecule has 0 saturated heterocycles. The van der Waals surface area contributed by atoms with Crippen LogP contribution in [0, 0.1) is 0 Å². The number of rotatable bonds is 4. The minimum absolute atomic E-state index is 0. The van der Waals surface area contributed by atoms with Gasteiger partial charge in [-0.05, 0) is 33.7 Å². The second-order valence-electron chi connectivity index (χ2n) is 14.3. The van der Waals surface area contributed by atoms with Crippen molar-refractivity contribution < 1.29 is 41.5 Å². The number of carbonyl (C=O) groups is 2. The molecule has 0 aromatic heterocycles. The van der Waals surface area contributed by atoms with Crippen LogP contribution in [0.5, 0.6) is 0 Å². The van der Waals surface area contributed by atoms with Crippen LogP contribution >= 0.6 is 0 Å². The van der Waals surface area contributed by atoms with Crippen LogP contribution in [0.4, 0.5) is 0 Å². The molecule has 0 spiro atoms. The van der Waals surface area contributed by atoms with Crippen molar-refractivity contribution in [1.82, 2.24) is 0 Å². The van der Waals surface area contributed by atoms with Gasteiger partial charge in [-0.3, -0.25) is 0 Å². The monoisotopic (exact) mass is 778 g/mol. The van der Waals surface area contributed by atoms with Gasteiger partial charge < -0.3 is 10.2 Å². The maximum absolute atomic E-state index is 10.8. The van der Waals surface area contributed by atoms with E-state index in [-0.39, 0.29) is 21.7 Å². The molecule has 0 amide bonds. The van der Waals surface area contributed by atoms with Crippen LogP contribution in [-0.2, 0) is 21.7 Å². The van der Waals surface area contributed by atoms with Gasteiger partial charge in [0.2, 0.25) is 0 Å². The summed E-state index contributed by atoms with van der Waals surface area (Å²) >= 11 is 0. The Morgan fingerprint density at radius 3 is 1.14 bits per heavy atom. The predicted octanol–water partition coefficient (Wildman–Crippen LogP) is 11.6. The first kappa shape index (κ1) is 38.2. The molecule has 0 aliphatic heterocycles. The molecule has 0 bridgehead atoms. The van der Waals surface area contributed by atoms with E-state index in [1.54, 1.807) is 24.3 Å². The molecule has 0 heterocycles. The normalized spacial score (nSPS) is 11.2. The smallest absolute Gasteiger partial charge is 0.478 e. The van der Waals surface area contributed by atoms with Crippen LogP contribution in [0.25, 0.3) is 64.6 Å². The summed E-state index contributed by atoms with van der Waals surface area (Å²) in [6.45, 7) is 5.01. The molecule has 270 valence electrons. The summed E-state index contributed by atoms with van der Waals surface area (Å²) in [5, 5.41) is 35.4. The summed E-state index contributed by atoms with van der Waals surface area (Å²) < 4.78 is 0. The zero-order chi connectivity index (χ0) is 38.1. The molecule has 56 heavy (non-hydrogen) atoms. The van der Waals surface area contributed by atoms with E-state index < -0.39 is 20.0 Å². The van der Waals surface area contributed by atoms with E-state index >= 15 is 0 Å². The van der Waals surface area contributed by atoms with Crippen LogP contribution < -0.4 is 10.4 Å². The van der Waals surface area contributed by atoms with Gasteiger partial charge in [-0.2, -0.15) is 0 Å². The topological polar surface area (TPSA) is 74.6 Å². The van der Waals surface area contributed by atoms with Gasteiger partial charge in [0.1, 0.15) is 0 Å². The van der Waals surface area contributed by atoms with Gasteiger partial charge in [-0.25, -0.2) is 9.59 Å². The van der Waals surface area contributed by atoms with Gasteiger partial charge >= 0.3 is 33.7 Å². The van der Waals surface area contributed by atoms with E-state index in [1.165, 1.54) is 53.5 Å². The summed E-state index contributed by atoms with van der Waals surface area (Å²) in [7, 11) is -1.91. The van der Waals surface area contributed by atoms with Gasteiger partial charge in [-0.1, -0.05) is 159 Å². The van der Waals surface area contributed by atoms with Crippen molar-refractivity contribution in [2.75, 3.05) is 0 Å². The molecule has 4 nitrogen and oxygen atoms in total. The SMILES string of the molecule is C[Si](C)(c1cccc2c1[cH-]c1ccccc12)c1cccc2c1[cH-]c1ccccc12.O=C(O)c1cccc2ccccc12.O=C(O)c1cccc2ccccc12.[Ti+2]. The quantitative estimate of drug-likeness (QED) is 0.138. The standard InChI is InChI=1S/C28H22Si.2C11H8O2.Ti/c1-29(2,27-15-7-13-23-21-11-5-3-9-19(21)17-25(23)27)28-16-8-14-24-22-12-6-4-10-20(22)18-26(24)28;2*12-11(13)10-7-3-5-8-4-1-2-6-9(8)10;/h3-18H,1-2H3;2*1-7H,(H,12,13);/q-2;;;+2. The maximum atomic E-state index is 10.8. The molecule has 10 rings (SSSR count). The van der Waals surface area contributed by atoms with E-state index in [0.29, 0.717) is 11.1 Å². The molecule has 6 heteroatoms. The molecule has 0 aliphatic carbocycles. The molecule has 10 aromatic carbocycles. The second-order valence-corrected chi connectivity index (χ2v) is 18.6. The number of hydrogen-bond donors (Lipinski definition) is 2. The van der Waals surface area contributed by atoms with Gasteiger partial charge in [0.15, 0.2) is 0 Å². The average Bonchev–Trinajstić information content (AvgIpc) is 3.79. The maximum Gasteiger partial charge on any atom is 2.00 e. The molecule has 0 saturated carbocycles. The van der Waals surface area contributed by atoms with Crippen molar-refractivity contribution in [3.05, 3.63) is 193 Å². The number of aromatic carboxylic acids is 2. The summed E-state index contributed by atoms with van der Waals surface area (Å²) in [5.41, 5.74) is 0.719. The molecule has 10 aromatic rings. The van der Waals surface area contributed by atoms with Crippen LogP contribution in [0.3, 0.4) is 0 Å². The Morgan fingerprint density at radius 2 is 0.732 bits per heavy atom. The Bertz CT molecular complexity index is 2830. The Labute approximate surface area is 340 Å². The van der Waals surface area contributed by atoms with Gasteiger partial charge in [-0.15, -0.1) is 77.7 Å². The van der Waals surface area contributed by atoms with Crippen LogP contribution in [0.15, 0.2) is 182 Å². The van der Waals surface area contributed by atoms with Gasteiger partial charge in [0.25, 0.3) is 0 Å². The Hall–Kier alpha value is -6.11. The van der Waals surface area contributed by atoms with Crippen molar-refractivity contribution in [3.8, 4) is 0 Å². The molecule has 0 atom stereocenters. The Kier molecular flexibility index (Phi) is 10.9. The Morgan fingerprint density at radius 1 is 0.411 bits per heavy atom. The first-order chi connectivity index (χ1) is 26.7. The summed E-state index contributed by atoms with van der Waals surface area (Å²) in [5.74, 6) is -1.76. The van der Waals surface area contributed by atoms with Crippen LogP contribution in [0.1, 0.15) is 20.7 Å². The van der Waals surface area contributed by atoms with Crippen molar-refractivity contribution in [3.63, 3.8) is 0 Å². The first-order valence-corrected chi connectivity index (χ1v) is 21.3. The van der Waals surface area contributed by atoms with Crippen molar-refractivity contribution in [2.24, 2.45) is 0 Å². The minimum atomic E-state index is -1.91. The molecular weight excluding hydrogens is 740 g/mol. The van der Waals surface area contributed by atoms with E-state index in [9.17, 15) is 9.59 Å². The van der Waals surface area contributed by atoms with E-state index in [4.69, 9.17) is 10.2 Å². The molecule has 0 unspecified atom stereocenters. The van der Waals surface area contributed by atoms with Crippen molar-refractivity contribution in [2.45, 2.75) is 13.1 Å². The van der Waals surface area contributed by atoms with E-state index in [2.05, 4.69) is 110 Å². The summed E-state index contributed by atoms with van der Waals surface area (Å²) in [6.07, 6.45) is 0. The number of carboxylic acids is 2. The third-order valence-corrected chi connectivity index (χ3v) is 14.3. The van der Waals surface area contributed by atoms with Gasteiger partial charge in [0, 0.05) is 8.07 Å². The number of benzene rings is 8. The van der Waals surface area contributed by atoms with Crippen LogP contribution in [0.2, 0.25) is 13.1 Å². The fraction of sp³-hybridized carbons (Fsp3) is 0.0400. The third kappa shape index (κ3) is 7.09. The number of fused-ring (bicyclic) bond motifs is 8. The average molecular weight is 779 g/mol. The molecule has 0 aliphatic rings. The molecular formula is C50H38O4SiTi. The Balaban J connectivity index is 0.000000148. The third-order valence-electron chi connectivity index (χ3n) is 10.7. The summed E-state index contributed by atoms with van der Waals surface area (Å²) in [4.78, 5) is 21.6. The molecule has 0 radical (unpaired) electrons. The predicted molar refractivity (Wildman–Crippen MR) is 233 cm³/mol. The van der Waals surface area contributed by atoms with Crippen molar-refractivity contribution in [1.29, 1.82) is 0 Å². The molecule has 2 N–H and O–H groups in total. The number of hydrogen-bond acceptors (Lipinski definition) is 2. The van der Waals surface area contributed by atoms with E-state index in [0.717, 1.165) is 21.5 Å². The fourth-order valence-electron chi connectivity index (χ4n) is 8.02. The zero-order valence-corrected chi connectivity index (χ0v) is 33.6. The summed E-state index contributed by atoms with van der Waals surface area (Å²) in [6, 6.07) is 61.6. The molecule has 0 fully saturated rings. The van der Waals surface area contributed by atoms with Crippen LogP contribution in [-0.4, -0.2) is 30.2 Å². The van der Waals surface area contributed by atoms with Gasteiger partial charge in [0.05, 0.1) is 11.1 Å².